The number of carbonyl (C=O) groups excluding carboxylic acids is 1. The predicted molar refractivity (Wildman–Crippen MR) is 81.8 cm³/mol. The van der Waals surface area contributed by atoms with Crippen LogP contribution in [0.2, 0.25) is 0 Å². The minimum absolute atomic E-state index is 0.0709. The lowest BCUT2D eigenvalue weighted by atomic mass is 10.3. The molecule has 1 amide bonds. The number of imidazole rings is 1. The molecule has 0 aliphatic carbocycles. The van der Waals surface area contributed by atoms with E-state index in [1.807, 2.05) is 0 Å². The van der Waals surface area contributed by atoms with Crippen LogP contribution < -0.4 is 11.1 Å². The first kappa shape index (κ1) is 14.3. The molecular formula is C13H11FN6OS. The number of hydrogen-bond acceptors (Lipinski definition) is 6. The van der Waals surface area contributed by atoms with Crippen molar-refractivity contribution >= 4 is 40.3 Å². The average molecular weight is 318 g/mol. The van der Waals surface area contributed by atoms with E-state index in [4.69, 9.17) is 5.73 Å². The van der Waals surface area contributed by atoms with Gasteiger partial charge < -0.3 is 16.0 Å². The largest absolute Gasteiger partial charge is 0.382 e. The van der Waals surface area contributed by atoms with Gasteiger partial charge in [-0.3, -0.25) is 4.79 Å². The maximum atomic E-state index is 13.4. The number of amides is 1. The minimum Gasteiger partial charge on any atom is -0.382 e. The molecule has 2 heterocycles. The summed E-state index contributed by atoms with van der Waals surface area (Å²) in [4.78, 5) is 26.8. The highest BCUT2D eigenvalue weighted by Gasteiger charge is 2.11. The van der Waals surface area contributed by atoms with Gasteiger partial charge in [0.25, 0.3) is 0 Å². The van der Waals surface area contributed by atoms with Gasteiger partial charge in [0, 0.05) is 0 Å². The van der Waals surface area contributed by atoms with Gasteiger partial charge in [-0.05, 0) is 12.1 Å². The first-order valence-corrected chi connectivity index (χ1v) is 7.25. The normalized spacial score (nSPS) is 10.8. The fourth-order valence-corrected chi connectivity index (χ4v) is 2.44. The van der Waals surface area contributed by atoms with E-state index in [9.17, 15) is 9.18 Å². The number of H-pyrrole nitrogens is 1. The summed E-state index contributed by atoms with van der Waals surface area (Å²) in [6.45, 7) is 0. The van der Waals surface area contributed by atoms with Crippen molar-refractivity contribution in [3.8, 4) is 0 Å². The average Bonchev–Trinajstić information content (AvgIpc) is 2.92. The van der Waals surface area contributed by atoms with Crippen LogP contribution in [-0.2, 0) is 4.79 Å². The quantitative estimate of drug-likeness (QED) is 0.633. The Hall–Kier alpha value is -2.68. The molecule has 22 heavy (non-hydrogen) atoms. The smallest absolute Gasteiger partial charge is 0.234 e. The summed E-state index contributed by atoms with van der Waals surface area (Å²) in [5.41, 5.74) is 6.80. The van der Waals surface area contributed by atoms with Crippen molar-refractivity contribution in [2.75, 3.05) is 16.8 Å². The molecule has 0 saturated carbocycles. The topological polar surface area (TPSA) is 110 Å². The Morgan fingerprint density at radius 2 is 2.18 bits per heavy atom. The fraction of sp³-hybridized carbons (Fsp3) is 0.0769. The van der Waals surface area contributed by atoms with Gasteiger partial charge in [-0.1, -0.05) is 23.9 Å². The second-order valence-electron chi connectivity index (χ2n) is 4.32. The van der Waals surface area contributed by atoms with E-state index in [1.165, 1.54) is 18.5 Å². The summed E-state index contributed by atoms with van der Waals surface area (Å²) < 4.78 is 13.4. The van der Waals surface area contributed by atoms with Crippen molar-refractivity contribution in [2.45, 2.75) is 5.16 Å². The number of para-hydroxylation sites is 1. The molecule has 1 aromatic carbocycles. The number of benzene rings is 1. The zero-order chi connectivity index (χ0) is 15.5. The van der Waals surface area contributed by atoms with Crippen molar-refractivity contribution in [1.29, 1.82) is 0 Å². The number of aromatic amines is 1. The van der Waals surface area contributed by atoms with E-state index >= 15 is 0 Å². The van der Waals surface area contributed by atoms with Gasteiger partial charge in [0.2, 0.25) is 5.91 Å². The molecule has 0 fully saturated rings. The Morgan fingerprint density at radius 1 is 1.36 bits per heavy atom. The number of nitrogens with one attached hydrogen (secondary N) is 2. The van der Waals surface area contributed by atoms with Gasteiger partial charge in [-0.2, -0.15) is 0 Å². The van der Waals surface area contributed by atoms with Crippen LogP contribution in [0.3, 0.4) is 0 Å². The minimum atomic E-state index is -0.479. The summed E-state index contributed by atoms with van der Waals surface area (Å²) in [6, 6.07) is 5.98. The van der Waals surface area contributed by atoms with Crippen LogP contribution in [0.25, 0.3) is 11.2 Å². The van der Waals surface area contributed by atoms with Crippen LogP contribution in [0.1, 0.15) is 0 Å². The Morgan fingerprint density at radius 3 is 2.95 bits per heavy atom. The number of hydrogen-bond donors (Lipinski definition) is 3. The standard InChI is InChI=1S/C13H11FN6OS/c14-7-3-1-2-4-8(7)18-9(21)5-22-13-19-10-11(15)16-6-17-12(10)20-13/h1-4,6H,5H2,(H,18,21)(H3,15,16,17,19,20). The number of aromatic nitrogens is 4. The van der Waals surface area contributed by atoms with Crippen LogP contribution in [0.15, 0.2) is 35.7 Å². The molecule has 2 aromatic heterocycles. The van der Waals surface area contributed by atoms with Gasteiger partial charge >= 0.3 is 0 Å². The van der Waals surface area contributed by atoms with E-state index in [2.05, 4.69) is 25.3 Å². The number of halogens is 1. The first-order valence-electron chi connectivity index (χ1n) is 6.27. The highest BCUT2D eigenvalue weighted by Crippen LogP contribution is 2.21. The van der Waals surface area contributed by atoms with Gasteiger partial charge in [-0.15, -0.1) is 0 Å². The molecule has 3 rings (SSSR count). The molecule has 3 aromatic rings. The number of fused-ring (bicyclic) bond motifs is 1. The van der Waals surface area contributed by atoms with Gasteiger partial charge in [0.05, 0.1) is 11.4 Å². The zero-order valence-corrected chi connectivity index (χ0v) is 12.0. The SMILES string of the molecule is Nc1ncnc2nc(SCC(=O)Nc3ccccc3F)[nH]c12. The van der Waals surface area contributed by atoms with Crippen molar-refractivity contribution in [3.05, 3.63) is 36.4 Å². The molecule has 7 nitrogen and oxygen atoms in total. The molecule has 0 spiro atoms. The molecule has 0 aliphatic rings. The lowest BCUT2D eigenvalue weighted by Gasteiger charge is -2.04. The van der Waals surface area contributed by atoms with Crippen LogP contribution >= 0.6 is 11.8 Å². The number of rotatable bonds is 4. The summed E-state index contributed by atoms with van der Waals surface area (Å²) in [6.07, 6.45) is 1.32. The summed E-state index contributed by atoms with van der Waals surface area (Å²) >= 11 is 1.16. The Labute approximate surface area is 128 Å². The number of nitrogens with two attached hydrogens (primary N) is 1. The maximum Gasteiger partial charge on any atom is 0.234 e. The van der Waals surface area contributed by atoms with Gasteiger partial charge in [0.1, 0.15) is 17.7 Å². The monoisotopic (exact) mass is 318 g/mol. The van der Waals surface area contributed by atoms with Crippen molar-refractivity contribution < 1.29 is 9.18 Å². The van der Waals surface area contributed by atoms with E-state index in [-0.39, 0.29) is 17.3 Å². The molecule has 0 radical (unpaired) electrons. The molecular weight excluding hydrogens is 307 g/mol. The lowest BCUT2D eigenvalue weighted by molar-refractivity contribution is -0.113. The number of nitrogens with zero attached hydrogens (tertiary/aromatic N) is 3. The highest BCUT2D eigenvalue weighted by atomic mass is 32.2. The van der Waals surface area contributed by atoms with Crippen LogP contribution in [0.5, 0.6) is 0 Å². The second-order valence-corrected chi connectivity index (χ2v) is 5.28. The summed E-state index contributed by atoms with van der Waals surface area (Å²) in [7, 11) is 0. The number of carbonyl (C=O) groups is 1. The third kappa shape index (κ3) is 2.98. The number of thioether (sulfide) groups is 1. The fourth-order valence-electron chi connectivity index (χ4n) is 1.78. The zero-order valence-electron chi connectivity index (χ0n) is 11.2. The molecule has 4 N–H and O–H groups in total. The molecule has 0 atom stereocenters. The Bertz CT molecular complexity index is 836. The predicted octanol–water partition coefficient (Wildman–Crippen LogP) is 1.81. The number of nitrogen functional groups attached to an aromatic ring is 1. The van der Waals surface area contributed by atoms with Crippen LogP contribution in [0.4, 0.5) is 15.9 Å². The van der Waals surface area contributed by atoms with E-state index in [1.54, 1.807) is 12.1 Å². The summed E-state index contributed by atoms with van der Waals surface area (Å²) in [5, 5.41) is 2.99. The number of anilines is 2. The summed E-state index contributed by atoms with van der Waals surface area (Å²) in [5.74, 6) is -0.455. The van der Waals surface area contributed by atoms with Crippen LogP contribution in [-0.4, -0.2) is 31.6 Å². The highest BCUT2D eigenvalue weighted by molar-refractivity contribution is 7.99. The van der Waals surface area contributed by atoms with E-state index in [0.717, 1.165) is 11.8 Å². The van der Waals surface area contributed by atoms with E-state index < -0.39 is 5.82 Å². The second kappa shape index (κ2) is 5.98. The van der Waals surface area contributed by atoms with Crippen molar-refractivity contribution in [2.24, 2.45) is 0 Å². The third-order valence-corrected chi connectivity index (χ3v) is 3.66. The third-order valence-electron chi connectivity index (χ3n) is 2.78. The van der Waals surface area contributed by atoms with Gasteiger partial charge in [0.15, 0.2) is 16.6 Å². The molecule has 9 heteroatoms. The molecule has 0 bridgehead atoms. The van der Waals surface area contributed by atoms with E-state index in [0.29, 0.717) is 22.1 Å². The Balaban J connectivity index is 1.65. The van der Waals surface area contributed by atoms with Crippen LogP contribution in [0, 0.1) is 5.82 Å². The van der Waals surface area contributed by atoms with Crippen molar-refractivity contribution in [3.63, 3.8) is 0 Å². The molecule has 0 aliphatic heterocycles. The Kier molecular flexibility index (Phi) is 3.88. The van der Waals surface area contributed by atoms with Crippen molar-refractivity contribution in [1.82, 2.24) is 19.9 Å². The molecule has 112 valence electrons. The maximum absolute atomic E-state index is 13.4. The molecule has 0 unspecified atom stereocenters. The van der Waals surface area contributed by atoms with Gasteiger partial charge in [-0.25, -0.2) is 19.3 Å². The molecule has 0 saturated heterocycles. The lowest BCUT2D eigenvalue weighted by Crippen LogP contribution is -2.15. The first-order chi connectivity index (χ1) is 10.6.